The first kappa shape index (κ1) is 10.5. The molecule has 0 aliphatic heterocycles. The predicted molar refractivity (Wildman–Crippen MR) is 54.1 cm³/mol. The van der Waals surface area contributed by atoms with Gasteiger partial charge >= 0.3 is 0 Å². The number of hydrogen-bond acceptors (Lipinski definition) is 2. The molecular weight excluding hydrogens is 176 g/mol. The molecule has 0 saturated carbocycles. The predicted octanol–water partition coefficient (Wildman–Crippen LogP) is 1.98. The van der Waals surface area contributed by atoms with Gasteiger partial charge in [0.1, 0.15) is 0 Å². The molecule has 1 aliphatic carbocycles. The van der Waals surface area contributed by atoms with Gasteiger partial charge in [0.25, 0.3) is 5.91 Å². The van der Waals surface area contributed by atoms with Gasteiger partial charge in [-0.3, -0.25) is 4.79 Å². The number of nitriles is 1. The first-order valence-corrected chi connectivity index (χ1v) is 4.63. The molecule has 0 fully saturated rings. The number of allylic oxidation sites excluding steroid dienone is 2. The Hall–Kier alpha value is -1.56. The zero-order valence-corrected chi connectivity index (χ0v) is 8.63. The van der Waals surface area contributed by atoms with Gasteiger partial charge in [0.2, 0.25) is 0 Å². The molecule has 3 heteroatoms. The van der Waals surface area contributed by atoms with Crippen molar-refractivity contribution >= 4 is 5.91 Å². The van der Waals surface area contributed by atoms with Crippen LogP contribution in [0, 0.1) is 11.3 Å². The van der Waals surface area contributed by atoms with Crippen molar-refractivity contribution in [1.82, 2.24) is 4.90 Å². The molecule has 0 atom stereocenters. The summed E-state index contributed by atoms with van der Waals surface area (Å²) in [5.41, 5.74) is 2.10. The van der Waals surface area contributed by atoms with E-state index in [-0.39, 0.29) is 5.91 Å². The van der Waals surface area contributed by atoms with Crippen LogP contribution in [0.5, 0.6) is 0 Å². The van der Waals surface area contributed by atoms with Crippen molar-refractivity contribution in [1.29, 1.82) is 5.26 Å². The van der Waals surface area contributed by atoms with Gasteiger partial charge in [0.15, 0.2) is 0 Å². The Bertz CT molecular complexity index is 347. The number of likely N-dealkylation sites (N-methyl/N-ethyl adjacent to an activating group) is 1. The van der Waals surface area contributed by atoms with Gasteiger partial charge in [0.05, 0.1) is 6.07 Å². The number of carbonyl (C=O) groups excluding carboxylic acids is 1. The fraction of sp³-hybridized carbons (Fsp3) is 0.455. The second kappa shape index (κ2) is 4.10. The first-order chi connectivity index (χ1) is 6.57. The summed E-state index contributed by atoms with van der Waals surface area (Å²) < 4.78 is 0. The summed E-state index contributed by atoms with van der Waals surface area (Å²) in [6.07, 6.45) is 2.57. The highest BCUT2D eigenvalue weighted by Gasteiger charge is 2.21. The molecular formula is C11H14N2O. The smallest absolute Gasteiger partial charge is 0.252 e. The zero-order valence-electron chi connectivity index (χ0n) is 8.63. The lowest BCUT2D eigenvalue weighted by atomic mass is 10.2. The number of nitrogens with zero attached hydrogens (tertiary/aromatic N) is 2. The van der Waals surface area contributed by atoms with Crippen LogP contribution >= 0.6 is 0 Å². The minimum Gasteiger partial charge on any atom is -0.315 e. The highest BCUT2D eigenvalue weighted by Crippen LogP contribution is 2.27. The number of rotatable bonds is 2. The molecule has 0 bridgehead atoms. The van der Waals surface area contributed by atoms with E-state index in [0.717, 1.165) is 30.5 Å². The fourth-order valence-corrected chi connectivity index (χ4v) is 1.63. The van der Waals surface area contributed by atoms with Crippen LogP contribution in [0.4, 0.5) is 0 Å². The Morgan fingerprint density at radius 1 is 1.57 bits per heavy atom. The maximum Gasteiger partial charge on any atom is 0.252 e. The van der Waals surface area contributed by atoms with Crippen molar-refractivity contribution < 1.29 is 4.79 Å². The molecule has 0 saturated heterocycles. The van der Waals surface area contributed by atoms with Crippen LogP contribution in [0.25, 0.3) is 0 Å². The number of carbonyl (C=O) groups is 1. The standard InChI is InChI=1S/C11H14N2O/c1-8(2)11(14)13(3)10-6-4-5-9(10)7-12/h1,4-6H2,2-3H3. The third kappa shape index (κ3) is 1.85. The topological polar surface area (TPSA) is 44.1 Å². The molecule has 0 aromatic carbocycles. The fourth-order valence-electron chi connectivity index (χ4n) is 1.63. The largest absolute Gasteiger partial charge is 0.315 e. The highest BCUT2D eigenvalue weighted by molar-refractivity contribution is 5.93. The lowest BCUT2D eigenvalue weighted by molar-refractivity contribution is -0.124. The van der Waals surface area contributed by atoms with E-state index in [9.17, 15) is 4.79 Å². The average Bonchev–Trinajstić information content (AvgIpc) is 2.62. The number of amides is 1. The van der Waals surface area contributed by atoms with Crippen molar-refractivity contribution in [2.24, 2.45) is 0 Å². The van der Waals surface area contributed by atoms with Crippen LogP contribution in [0.1, 0.15) is 26.2 Å². The van der Waals surface area contributed by atoms with Crippen LogP contribution in [-0.4, -0.2) is 17.9 Å². The molecule has 1 amide bonds. The maximum atomic E-state index is 11.6. The van der Waals surface area contributed by atoms with E-state index in [1.165, 1.54) is 0 Å². The molecule has 1 rings (SSSR count). The Balaban J connectivity index is 2.90. The van der Waals surface area contributed by atoms with Gasteiger partial charge in [-0.2, -0.15) is 5.26 Å². The summed E-state index contributed by atoms with van der Waals surface area (Å²) in [6.45, 7) is 5.28. The monoisotopic (exact) mass is 190 g/mol. The third-order valence-electron chi connectivity index (χ3n) is 2.40. The molecule has 0 aromatic heterocycles. The van der Waals surface area contributed by atoms with Crippen LogP contribution in [0.2, 0.25) is 0 Å². The van der Waals surface area contributed by atoms with Gasteiger partial charge in [-0.05, 0) is 26.2 Å². The summed E-state index contributed by atoms with van der Waals surface area (Å²) in [5, 5.41) is 8.84. The van der Waals surface area contributed by atoms with Crippen LogP contribution < -0.4 is 0 Å². The van der Waals surface area contributed by atoms with Crippen molar-refractivity contribution in [3.05, 3.63) is 23.4 Å². The highest BCUT2D eigenvalue weighted by atomic mass is 16.2. The Morgan fingerprint density at radius 3 is 2.71 bits per heavy atom. The molecule has 0 radical (unpaired) electrons. The van der Waals surface area contributed by atoms with E-state index in [0.29, 0.717) is 5.57 Å². The molecule has 0 N–H and O–H groups in total. The summed E-state index contributed by atoms with van der Waals surface area (Å²) >= 11 is 0. The van der Waals surface area contributed by atoms with E-state index in [2.05, 4.69) is 12.6 Å². The Labute approximate surface area is 84.3 Å². The van der Waals surface area contributed by atoms with E-state index in [1.807, 2.05) is 0 Å². The van der Waals surface area contributed by atoms with Crippen molar-refractivity contribution in [3.63, 3.8) is 0 Å². The lowest BCUT2D eigenvalue weighted by Gasteiger charge is -2.18. The molecule has 1 aliphatic rings. The Morgan fingerprint density at radius 2 is 2.21 bits per heavy atom. The van der Waals surface area contributed by atoms with Gasteiger partial charge in [-0.1, -0.05) is 6.58 Å². The van der Waals surface area contributed by atoms with Gasteiger partial charge in [-0.25, -0.2) is 0 Å². The Kier molecular flexibility index (Phi) is 3.08. The SMILES string of the molecule is C=C(C)C(=O)N(C)C1=C(C#N)CCC1. The van der Waals surface area contributed by atoms with Crippen molar-refractivity contribution in [2.45, 2.75) is 26.2 Å². The van der Waals surface area contributed by atoms with Gasteiger partial charge in [-0.15, -0.1) is 0 Å². The molecule has 0 heterocycles. The zero-order chi connectivity index (χ0) is 10.7. The quantitative estimate of drug-likeness (QED) is 0.625. The van der Waals surface area contributed by atoms with Gasteiger partial charge < -0.3 is 4.90 Å². The summed E-state index contributed by atoms with van der Waals surface area (Å²) in [4.78, 5) is 13.1. The van der Waals surface area contributed by atoms with Gasteiger partial charge in [0, 0.05) is 23.9 Å². The van der Waals surface area contributed by atoms with Crippen LogP contribution in [0.3, 0.4) is 0 Å². The normalized spacial score (nSPS) is 15.2. The summed E-state index contributed by atoms with van der Waals surface area (Å²) in [5.74, 6) is -0.102. The minimum atomic E-state index is -0.102. The number of hydrogen-bond donors (Lipinski definition) is 0. The third-order valence-corrected chi connectivity index (χ3v) is 2.40. The molecule has 0 spiro atoms. The average molecular weight is 190 g/mol. The van der Waals surface area contributed by atoms with E-state index in [4.69, 9.17) is 5.26 Å². The molecule has 0 aromatic rings. The second-order valence-electron chi connectivity index (χ2n) is 3.54. The minimum absolute atomic E-state index is 0.102. The maximum absolute atomic E-state index is 11.6. The van der Waals surface area contributed by atoms with E-state index >= 15 is 0 Å². The van der Waals surface area contributed by atoms with E-state index < -0.39 is 0 Å². The molecule has 0 unspecified atom stereocenters. The lowest BCUT2D eigenvalue weighted by Crippen LogP contribution is -2.26. The summed E-state index contributed by atoms with van der Waals surface area (Å²) in [7, 11) is 1.70. The summed E-state index contributed by atoms with van der Waals surface area (Å²) in [6, 6.07) is 2.14. The molecule has 14 heavy (non-hydrogen) atoms. The van der Waals surface area contributed by atoms with Crippen LogP contribution in [-0.2, 0) is 4.79 Å². The van der Waals surface area contributed by atoms with Crippen molar-refractivity contribution in [2.75, 3.05) is 7.05 Å². The van der Waals surface area contributed by atoms with Crippen molar-refractivity contribution in [3.8, 4) is 6.07 Å². The first-order valence-electron chi connectivity index (χ1n) is 4.63. The second-order valence-corrected chi connectivity index (χ2v) is 3.54. The van der Waals surface area contributed by atoms with Crippen LogP contribution in [0.15, 0.2) is 23.4 Å². The molecule has 74 valence electrons. The molecule has 3 nitrogen and oxygen atoms in total. The van der Waals surface area contributed by atoms with E-state index in [1.54, 1.807) is 18.9 Å².